The number of aromatic carboxylic acids is 1. The van der Waals surface area contributed by atoms with Crippen LogP contribution in [0.4, 0.5) is 4.39 Å². The minimum Gasteiger partial charge on any atom is -0.493 e. The third-order valence-electron chi connectivity index (χ3n) is 2.21. The molecule has 0 fully saturated rings. The van der Waals surface area contributed by atoms with E-state index in [0.29, 0.717) is 10.9 Å². The SMILES string of the molecule is COc1c(F)c(Cl)cc2[nH]c(C(=O)O)cc12. The molecule has 1 aromatic carbocycles. The Balaban J connectivity index is 2.81. The molecule has 0 saturated carbocycles. The number of hydrogen-bond acceptors (Lipinski definition) is 2. The van der Waals surface area contributed by atoms with Crippen LogP contribution in [0.3, 0.4) is 0 Å². The summed E-state index contributed by atoms with van der Waals surface area (Å²) in [5.41, 5.74) is 0.371. The fourth-order valence-corrected chi connectivity index (χ4v) is 1.70. The van der Waals surface area contributed by atoms with Gasteiger partial charge in [-0.3, -0.25) is 0 Å². The Hall–Kier alpha value is -1.75. The summed E-state index contributed by atoms with van der Waals surface area (Å²) < 4.78 is 18.4. The molecule has 2 rings (SSSR count). The van der Waals surface area contributed by atoms with Crippen LogP contribution in [0.2, 0.25) is 5.02 Å². The molecule has 0 atom stereocenters. The lowest BCUT2D eigenvalue weighted by atomic mass is 10.2. The summed E-state index contributed by atoms with van der Waals surface area (Å²) in [6.07, 6.45) is 0. The standard InChI is InChI=1S/C10H7ClFNO3/c1-16-9-4-2-7(10(14)15)13-6(4)3-5(11)8(9)12/h2-3,13H,1H3,(H,14,15). The van der Waals surface area contributed by atoms with Crippen molar-refractivity contribution in [3.8, 4) is 5.75 Å². The van der Waals surface area contributed by atoms with Crippen molar-refractivity contribution in [3.63, 3.8) is 0 Å². The molecule has 0 aliphatic rings. The Bertz CT molecular complexity index is 579. The second-order valence-corrected chi connectivity index (χ2v) is 3.56. The highest BCUT2D eigenvalue weighted by atomic mass is 35.5. The number of halogens is 2. The van der Waals surface area contributed by atoms with E-state index >= 15 is 0 Å². The summed E-state index contributed by atoms with van der Waals surface area (Å²) in [5, 5.41) is 9.02. The molecule has 0 radical (unpaired) electrons. The third-order valence-corrected chi connectivity index (χ3v) is 2.48. The van der Waals surface area contributed by atoms with Crippen molar-refractivity contribution in [3.05, 3.63) is 28.7 Å². The molecule has 0 aliphatic carbocycles. The maximum Gasteiger partial charge on any atom is 0.352 e. The van der Waals surface area contributed by atoms with Crippen LogP contribution >= 0.6 is 11.6 Å². The molecule has 0 saturated heterocycles. The summed E-state index contributed by atoms with van der Waals surface area (Å²) in [6, 6.07) is 2.62. The number of H-pyrrole nitrogens is 1. The Morgan fingerprint density at radius 1 is 1.56 bits per heavy atom. The number of nitrogens with one attached hydrogen (secondary N) is 1. The Morgan fingerprint density at radius 2 is 2.25 bits per heavy atom. The molecule has 1 heterocycles. The number of aromatic nitrogens is 1. The first kappa shape index (κ1) is 10.8. The largest absolute Gasteiger partial charge is 0.493 e. The smallest absolute Gasteiger partial charge is 0.352 e. The van der Waals surface area contributed by atoms with Gasteiger partial charge in [0.2, 0.25) is 0 Å². The van der Waals surface area contributed by atoms with Gasteiger partial charge in [0.1, 0.15) is 5.69 Å². The molecule has 1 aromatic heterocycles. The predicted molar refractivity (Wildman–Crippen MR) is 56.8 cm³/mol. The van der Waals surface area contributed by atoms with Crippen LogP contribution in [0.15, 0.2) is 12.1 Å². The second kappa shape index (κ2) is 3.68. The molecular formula is C10H7ClFNO3. The van der Waals surface area contributed by atoms with Crippen LogP contribution < -0.4 is 4.74 Å². The molecule has 2 N–H and O–H groups in total. The number of rotatable bonds is 2. The summed E-state index contributed by atoms with van der Waals surface area (Å²) in [6.45, 7) is 0. The van der Waals surface area contributed by atoms with Crippen molar-refractivity contribution in [2.75, 3.05) is 7.11 Å². The lowest BCUT2D eigenvalue weighted by molar-refractivity contribution is 0.0691. The van der Waals surface area contributed by atoms with Crippen LogP contribution in [0, 0.1) is 5.82 Å². The van der Waals surface area contributed by atoms with Crippen LogP contribution in [0.1, 0.15) is 10.5 Å². The molecule has 0 aliphatic heterocycles. The van der Waals surface area contributed by atoms with Crippen molar-refractivity contribution in [1.82, 2.24) is 4.98 Å². The lowest BCUT2D eigenvalue weighted by Crippen LogP contribution is -1.94. The highest BCUT2D eigenvalue weighted by Crippen LogP contribution is 2.34. The van der Waals surface area contributed by atoms with E-state index in [1.54, 1.807) is 0 Å². The number of benzene rings is 1. The molecule has 0 spiro atoms. The van der Waals surface area contributed by atoms with E-state index in [9.17, 15) is 9.18 Å². The van der Waals surface area contributed by atoms with E-state index in [2.05, 4.69) is 4.98 Å². The molecular weight excluding hydrogens is 237 g/mol. The van der Waals surface area contributed by atoms with E-state index in [1.807, 2.05) is 0 Å². The Labute approximate surface area is 94.6 Å². The number of methoxy groups -OCH3 is 1. The molecule has 2 aromatic rings. The fraction of sp³-hybridized carbons (Fsp3) is 0.100. The number of hydrogen-bond donors (Lipinski definition) is 2. The number of aromatic amines is 1. The predicted octanol–water partition coefficient (Wildman–Crippen LogP) is 2.67. The summed E-state index contributed by atoms with van der Waals surface area (Å²) in [4.78, 5) is 13.3. The highest BCUT2D eigenvalue weighted by Gasteiger charge is 2.17. The van der Waals surface area contributed by atoms with Gasteiger partial charge in [-0.1, -0.05) is 11.6 Å². The first-order valence-corrected chi connectivity index (χ1v) is 4.70. The van der Waals surface area contributed by atoms with Crippen molar-refractivity contribution >= 4 is 28.5 Å². The summed E-state index contributed by atoms with van der Waals surface area (Å²) in [7, 11) is 1.29. The number of carboxylic acids is 1. The van der Waals surface area contributed by atoms with E-state index in [4.69, 9.17) is 21.4 Å². The Morgan fingerprint density at radius 3 is 2.81 bits per heavy atom. The Kier molecular flexibility index (Phi) is 2.47. The van der Waals surface area contributed by atoms with Gasteiger partial charge in [0.25, 0.3) is 0 Å². The molecule has 0 unspecified atom stereocenters. The zero-order valence-corrected chi connectivity index (χ0v) is 8.93. The zero-order valence-electron chi connectivity index (χ0n) is 8.17. The van der Waals surface area contributed by atoms with Crippen LogP contribution in [0.25, 0.3) is 10.9 Å². The maximum atomic E-state index is 13.5. The van der Waals surface area contributed by atoms with E-state index < -0.39 is 11.8 Å². The highest BCUT2D eigenvalue weighted by molar-refractivity contribution is 6.31. The topological polar surface area (TPSA) is 62.3 Å². The molecule has 0 bridgehead atoms. The first-order valence-electron chi connectivity index (χ1n) is 4.32. The van der Waals surface area contributed by atoms with Crippen LogP contribution in [-0.2, 0) is 0 Å². The molecule has 4 nitrogen and oxygen atoms in total. The number of carbonyl (C=O) groups is 1. The normalized spacial score (nSPS) is 10.7. The van der Waals surface area contributed by atoms with Crippen molar-refractivity contribution < 1.29 is 19.0 Å². The number of ether oxygens (including phenoxy) is 1. The van der Waals surface area contributed by atoms with E-state index in [0.717, 1.165) is 0 Å². The maximum absolute atomic E-state index is 13.5. The van der Waals surface area contributed by atoms with Crippen molar-refractivity contribution in [2.24, 2.45) is 0 Å². The number of fused-ring (bicyclic) bond motifs is 1. The van der Waals surface area contributed by atoms with Crippen LogP contribution in [0.5, 0.6) is 5.75 Å². The second-order valence-electron chi connectivity index (χ2n) is 3.16. The van der Waals surface area contributed by atoms with Gasteiger partial charge < -0.3 is 14.8 Å². The first-order chi connectivity index (χ1) is 7.54. The fourth-order valence-electron chi connectivity index (χ4n) is 1.50. The molecule has 6 heteroatoms. The minimum absolute atomic E-state index is 0.0463. The summed E-state index contributed by atoms with van der Waals surface area (Å²) >= 11 is 5.64. The van der Waals surface area contributed by atoms with Gasteiger partial charge in [-0.25, -0.2) is 9.18 Å². The average Bonchev–Trinajstić information content (AvgIpc) is 2.63. The van der Waals surface area contributed by atoms with E-state index in [-0.39, 0.29) is 16.5 Å². The van der Waals surface area contributed by atoms with Crippen LogP contribution in [-0.4, -0.2) is 23.2 Å². The van der Waals surface area contributed by atoms with Gasteiger partial charge in [0.05, 0.1) is 17.6 Å². The van der Waals surface area contributed by atoms with Crippen molar-refractivity contribution in [2.45, 2.75) is 0 Å². The van der Waals surface area contributed by atoms with Gasteiger partial charge in [-0.05, 0) is 12.1 Å². The quantitative estimate of drug-likeness (QED) is 0.852. The van der Waals surface area contributed by atoms with Gasteiger partial charge in [-0.15, -0.1) is 0 Å². The molecule has 16 heavy (non-hydrogen) atoms. The average molecular weight is 244 g/mol. The minimum atomic E-state index is -1.13. The number of carboxylic acid groups (broad SMARTS) is 1. The van der Waals surface area contributed by atoms with E-state index in [1.165, 1.54) is 19.2 Å². The monoisotopic (exact) mass is 243 g/mol. The van der Waals surface area contributed by atoms with Gasteiger partial charge in [0, 0.05) is 5.39 Å². The van der Waals surface area contributed by atoms with Gasteiger partial charge in [0.15, 0.2) is 11.6 Å². The van der Waals surface area contributed by atoms with Gasteiger partial charge in [-0.2, -0.15) is 0 Å². The molecule has 84 valence electrons. The third kappa shape index (κ3) is 1.49. The van der Waals surface area contributed by atoms with Crippen molar-refractivity contribution in [1.29, 1.82) is 0 Å². The molecule has 0 amide bonds. The lowest BCUT2D eigenvalue weighted by Gasteiger charge is -2.04. The summed E-state index contributed by atoms with van der Waals surface area (Å²) in [5.74, 6) is -1.89. The zero-order chi connectivity index (χ0) is 11.9. The van der Waals surface area contributed by atoms with Gasteiger partial charge >= 0.3 is 5.97 Å².